The van der Waals surface area contributed by atoms with Crippen LogP contribution in [0.4, 0.5) is 0 Å². The van der Waals surface area contributed by atoms with Crippen LogP contribution in [0, 0.1) is 6.92 Å². The van der Waals surface area contributed by atoms with Crippen LogP contribution in [0.2, 0.25) is 0 Å². The van der Waals surface area contributed by atoms with Gasteiger partial charge in [-0.1, -0.05) is 30.3 Å². The fourth-order valence-corrected chi connectivity index (χ4v) is 4.93. The van der Waals surface area contributed by atoms with Gasteiger partial charge in [0.25, 0.3) is 0 Å². The lowest BCUT2D eigenvalue weighted by Crippen LogP contribution is -2.69. The van der Waals surface area contributed by atoms with Crippen LogP contribution in [-0.4, -0.2) is 21.5 Å². The standard InChI is InChI=1S/C21H24N2O2S/c1-13-9-15(24)10-17-18(13)16(14-7-5-4-6-8-14)11-21(25-17)12-20(2,3)22-19(26)23-21/h4-10,16,24H,11-12H2,1-3H3,(H2,22,23,26)/t16-,21-/m0/s1. The minimum absolute atomic E-state index is 0.171. The van der Waals surface area contributed by atoms with E-state index < -0.39 is 5.72 Å². The van der Waals surface area contributed by atoms with Gasteiger partial charge in [-0.2, -0.15) is 0 Å². The molecular formula is C21H24N2O2S. The van der Waals surface area contributed by atoms with Crippen molar-refractivity contribution >= 4 is 17.3 Å². The van der Waals surface area contributed by atoms with E-state index in [1.807, 2.05) is 13.0 Å². The molecule has 3 N–H and O–H groups in total. The molecule has 0 bridgehead atoms. The summed E-state index contributed by atoms with van der Waals surface area (Å²) in [6.07, 6.45) is 1.54. The number of nitrogens with one attached hydrogen (secondary N) is 2. The molecule has 4 rings (SSSR count). The van der Waals surface area contributed by atoms with Crippen molar-refractivity contribution in [3.05, 3.63) is 59.2 Å². The number of hydrogen-bond donors (Lipinski definition) is 3. The van der Waals surface area contributed by atoms with Crippen LogP contribution in [-0.2, 0) is 0 Å². The van der Waals surface area contributed by atoms with E-state index in [0.29, 0.717) is 5.11 Å². The number of fused-ring (bicyclic) bond motifs is 1. The van der Waals surface area contributed by atoms with Crippen LogP contribution in [0.5, 0.6) is 11.5 Å². The van der Waals surface area contributed by atoms with E-state index in [9.17, 15) is 5.11 Å². The van der Waals surface area contributed by atoms with E-state index in [-0.39, 0.29) is 17.2 Å². The van der Waals surface area contributed by atoms with Gasteiger partial charge in [0, 0.05) is 35.9 Å². The highest BCUT2D eigenvalue weighted by Crippen LogP contribution is 2.48. The third kappa shape index (κ3) is 3.01. The van der Waals surface area contributed by atoms with Gasteiger partial charge in [-0.3, -0.25) is 0 Å². The average molecular weight is 369 g/mol. The molecule has 0 saturated carbocycles. The zero-order chi connectivity index (χ0) is 18.5. The Morgan fingerprint density at radius 3 is 2.58 bits per heavy atom. The van der Waals surface area contributed by atoms with Crippen LogP contribution in [0.25, 0.3) is 0 Å². The zero-order valence-electron chi connectivity index (χ0n) is 15.3. The molecule has 0 radical (unpaired) electrons. The normalized spacial score (nSPS) is 26.4. The van der Waals surface area contributed by atoms with Gasteiger partial charge in [-0.25, -0.2) is 0 Å². The number of phenolic OH excluding ortho intramolecular Hbond substituents is 1. The molecule has 1 spiro atoms. The van der Waals surface area contributed by atoms with Crippen molar-refractivity contribution in [2.24, 2.45) is 0 Å². The number of ether oxygens (including phenoxy) is 1. The minimum Gasteiger partial charge on any atom is -0.508 e. The van der Waals surface area contributed by atoms with E-state index >= 15 is 0 Å². The van der Waals surface area contributed by atoms with Gasteiger partial charge >= 0.3 is 0 Å². The van der Waals surface area contributed by atoms with Crippen LogP contribution in [0.3, 0.4) is 0 Å². The summed E-state index contributed by atoms with van der Waals surface area (Å²) in [5, 5.41) is 17.4. The Balaban J connectivity index is 1.86. The summed E-state index contributed by atoms with van der Waals surface area (Å²) in [7, 11) is 0. The molecular weight excluding hydrogens is 344 g/mol. The molecule has 2 heterocycles. The van der Waals surface area contributed by atoms with Crippen LogP contribution < -0.4 is 15.4 Å². The van der Waals surface area contributed by atoms with Crippen molar-refractivity contribution in [3.63, 3.8) is 0 Å². The largest absolute Gasteiger partial charge is 0.508 e. The van der Waals surface area contributed by atoms with Crippen LogP contribution in [0.1, 0.15) is 49.3 Å². The molecule has 1 saturated heterocycles. The maximum atomic E-state index is 10.1. The summed E-state index contributed by atoms with van der Waals surface area (Å²) in [5.74, 6) is 1.13. The Labute approximate surface area is 159 Å². The van der Waals surface area contributed by atoms with Gasteiger partial charge < -0.3 is 20.5 Å². The minimum atomic E-state index is -0.598. The Morgan fingerprint density at radius 1 is 1.15 bits per heavy atom. The third-order valence-corrected chi connectivity index (χ3v) is 5.45. The lowest BCUT2D eigenvalue weighted by Gasteiger charge is -2.50. The first-order chi connectivity index (χ1) is 12.3. The molecule has 26 heavy (non-hydrogen) atoms. The van der Waals surface area contributed by atoms with Crippen LogP contribution in [0.15, 0.2) is 42.5 Å². The summed E-state index contributed by atoms with van der Waals surface area (Å²) < 4.78 is 6.48. The van der Waals surface area contributed by atoms with E-state index in [1.54, 1.807) is 12.1 Å². The lowest BCUT2D eigenvalue weighted by atomic mass is 9.76. The Hall–Kier alpha value is -2.27. The van der Waals surface area contributed by atoms with E-state index in [1.165, 1.54) is 5.56 Å². The molecule has 4 nitrogen and oxygen atoms in total. The fraction of sp³-hybridized carbons (Fsp3) is 0.381. The summed E-state index contributed by atoms with van der Waals surface area (Å²) in [6.45, 7) is 6.29. The van der Waals surface area contributed by atoms with Crippen molar-refractivity contribution < 1.29 is 9.84 Å². The molecule has 5 heteroatoms. The molecule has 2 aromatic carbocycles. The van der Waals surface area contributed by atoms with Crippen LogP contribution >= 0.6 is 12.2 Å². The SMILES string of the molecule is Cc1cc(O)cc2c1[C@H](c1ccccc1)C[C@@]1(CC(C)(C)NC(=S)N1)O2. The monoisotopic (exact) mass is 368 g/mol. The maximum absolute atomic E-state index is 10.1. The maximum Gasteiger partial charge on any atom is 0.185 e. The predicted molar refractivity (Wildman–Crippen MR) is 107 cm³/mol. The summed E-state index contributed by atoms with van der Waals surface area (Å²) in [5.41, 5.74) is 2.66. The second kappa shape index (κ2) is 5.88. The molecule has 136 valence electrons. The number of aryl methyl sites for hydroxylation is 1. The molecule has 0 amide bonds. The predicted octanol–water partition coefficient (Wildman–Crippen LogP) is 3.96. The number of hydrogen-bond acceptors (Lipinski definition) is 3. The molecule has 0 unspecified atom stereocenters. The van der Waals surface area contributed by atoms with Gasteiger partial charge in [0.1, 0.15) is 11.5 Å². The van der Waals surface area contributed by atoms with Crippen molar-refractivity contribution in [1.82, 2.24) is 10.6 Å². The number of phenols is 1. The Bertz CT molecular complexity index is 866. The first-order valence-corrected chi connectivity index (χ1v) is 9.36. The van der Waals surface area contributed by atoms with Gasteiger partial charge in [0.05, 0.1) is 0 Å². The molecule has 2 aliphatic rings. The van der Waals surface area contributed by atoms with Gasteiger partial charge in [0.2, 0.25) is 0 Å². The van der Waals surface area contributed by atoms with Crippen molar-refractivity contribution in [1.29, 1.82) is 0 Å². The summed E-state index contributed by atoms with van der Waals surface area (Å²) >= 11 is 5.46. The molecule has 2 aliphatic heterocycles. The number of aromatic hydroxyl groups is 1. The summed E-state index contributed by atoms with van der Waals surface area (Å²) in [4.78, 5) is 0. The highest BCUT2D eigenvalue weighted by atomic mass is 32.1. The van der Waals surface area contributed by atoms with E-state index in [2.05, 4.69) is 48.7 Å². The number of rotatable bonds is 1. The number of thiocarbonyl (C=S) groups is 1. The average Bonchev–Trinajstić information content (AvgIpc) is 2.51. The highest BCUT2D eigenvalue weighted by Gasteiger charge is 2.49. The molecule has 0 aliphatic carbocycles. The third-order valence-electron chi connectivity index (χ3n) is 5.24. The fourth-order valence-electron chi connectivity index (χ4n) is 4.47. The zero-order valence-corrected chi connectivity index (χ0v) is 16.1. The van der Waals surface area contributed by atoms with E-state index in [0.717, 1.165) is 29.7 Å². The smallest absolute Gasteiger partial charge is 0.185 e. The Kier molecular flexibility index (Phi) is 3.88. The van der Waals surface area contributed by atoms with Crippen molar-refractivity contribution in [2.45, 2.75) is 50.8 Å². The van der Waals surface area contributed by atoms with Crippen molar-refractivity contribution in [2.75, 3.05) is 0 Å². The molecule has 2 aromatic rings. The summed E-state index contributed by atoms with van der Waals surface area (Å²) in [6, 6.07) is 14.0. The second-order valence-electron chi connectivity index (χ2n) is 8.08. The molecule has 2 atom stereocenters. The lowest BCUT2D eigenvalue weighted by molar-refractivity contribution is -0.0130. The van der Waals surface area contributed by atoms with Gasteiger partial charge in [-0.05, 0) is 50.2 Å². The van der Waals surface area contributed by atoms with Gasteiger partial charge in [0.15, 0.2) is 10.8 Å². The Morgan fingerprint density at radius 2 is 1.88 bits per heavy atom. The first kappa shape index (κ1) is 17.2. The second-order valence-corrected chi connectivity index (χ2v) is 8.49. The first-order valence-electron chi connectivity index (χ1n) is 8.95. The van der Waals surface area contributed by atoms with E-state index in [4.69, 9.17) is 17.0 Å². The topological polar surface area (TPSA) is 53.5 Å². The number of benzene rings is 2. The quantitative estimate of drug-likeness (QED) is 0.665. The highest BCUT2D eigenvalue weighted by molar-refractivity contribution is 7.80. The van der Waals surface area contributed by atoms with Crippen molar-refractivity contribution in [3.8, 4) is 11.5 Å². The van der Waals surface area contributed by atoms with Gasteiger partial charge in [-0.15, -0.1) is 0 Å². The molecule has 1 fully saturated rings. The molecule has 0 aromatic heterocycles.